The minimum absolute atomic E-state index is 0.275. The molecule has 0 radical (unpaired) electrons. The SMILES string of the molecule is CCCCCC(=O)N1CCc2noc(CC)c2C1. The first kappa shape index (κ1) is 13.1. The van der Waals surface area contributed by atoms with Gasteiger partial charge in [0.1, 0.15) is 5.76 Å². The first-order valence-corrected chi connectivity index (χ1v) is 7.00. The van der Waals surface area contributed by atoms with Gasteiger partial charge in [0, 0.05) is 31.4 Å². The van der Waals surface area contributed by atoms with Crippen molar-refractivity contribution < 1.29 is 9.32 Å². The van der Waals surface area contributed by atoms with Crippen molar-refractivity contribution in [3.05, 3.63) is 17.0 Å². The van der Waals surface area contributed by atoms with Crippen LogP contribution in [0.3, 0.4) is 0 Å². The van der Waals surface area contributed by atoms with Crippen LogP contribution in [0.2, 0.25) is 0 Å². The number of hydrogen-bond acceptors (Lipinski definition) is 3. The number of nitrogens with zero attached hydrogens (tertiary/aromatic N) is 2. The van der Waals surface area contributed by atoms with E-state index in [2.05, 4.69) is 19.0 Å². The topological polar surface area (TPSA) is 46.3 Å². The lowest BCUT2D eigenvalue weighted by Gasteiger charge is -2.26. The average Bonchev–Trinajstić information content (AvgIpc) is 2.80. The summed E-state index contributed by atoms with van der Waals surface area (Å²) in [5.74, 6) is 1.22. The molecule has 1 aliphatic heterocycles. The fourth-order valence-corrected chi connectivity index (χ4v) is 2.44. The third kappa shape index (κ3) is 2.74. The van der Waals surface area contributed by atoms with Crippen LogP contribution in [-0.2, 0) is 24.2 Å². The highest BCUT2D eigenvalue weighted by Gasteiger charge is 2.25. The van der Waals surface area contributed by atoms with Gasteiger partial charge in [-0.05, 0) is 6.42 Å². The lowest BCUT2D eigenvalue weighted by molar-refractivity contribution is -0.132. The number of unbranched alkanes of at least 4 members (excludes halogenated alkanes) is 2. The van der Waals surface area contributed by atoms with Gasteiger partial charge in [0.15, 0.2) is 0 Å². The van der Waals surface area contributed by atoms with E-state index >= 15 is 0 Å². The van der Waals surface area contributed by atoms with E-state index in [0.29, 0.717) is 13.0 Å². The Morgan fingerprint density at radius 1 is 1.39 bits per heavy atom. The minimum atomic E-state index is 0.275. The first-order valence-electron chi connectivity index (χ1n) is 7.00. The van der Waals surface area contributed by atoms with E-state index in [9.17, 15) is 4.79 Å². The standard InChI is InChI=1S/C14H22N2O2/c1-3-5-6-7-14(17)16-9-8-12-11(10-16)13(4-2)18-15-12/h3-10H2,1-2H3. The second-order valence-corrected chi connectivity index (χ2v) is 4.91. The Labute approximate surface area is 108 Å². The molecule has 1 aromatic heterocycles. The number of aromatic nitrogens is 1. The molecule has 1 aliphatic rings. The summed E-state index contributed by atoms with van der Waals surface area (Å²) in [5, 5.41) is 4.08. The zero-order chi connectivity index (χ0) is 13.0. The van der Waals surface area contributed by atoms with Gasteiger partial charge in [0.05, 0.1) is 12.2 Å². The third-order valence-corrected chi connectivity index (χ3v) is 3.59. The number of aryl methyl sites for hydroxylation is 1. The maximum absolute atomic E-state index is 12.1. The number of carbonyl (C=O) groups is 1. The van der Waals surface area contributed by atoms with Crippen molar-refractivity contribution in [1.29, 1.82) is 0 Å². The molecule has 0 bridgehead atoms. The average molecular weight is 250 g/mol. The van der Waals surface area contributed by atoms with Crippen LogP contribution in [0.25, 0.3) is 0 Å². The predicted octanol–water partition coefficient (Wildman–Crippen LogP) is 2.70. The molecule has 2 heterocycles. The summed E-state index contributed by atoms with van der Waals surface area (Å²) in [4.78, 5) is 14.0. The van der Waals surface area contributed by atoms with E-state index in [4.69, 9.17) is 4.52 Å². The molecule has 0 saturated heterocycles. The molecule has 0 aliphatic carbocycles. The maximum Gasteiger partial charge on any atom is 0.222 e. The first-order chi connectivity index (χ1) is 8.76. The van der Waals surface area contributed by atoms with Crippen molar-refractivity contribution in [3.8, 4) is 0 Å². The lowest BCUT2D eigenvalue weighted by Crippen LogP contribution is -2.35. The van der Waals surface area contributed by atoms with Crippen molar-refractivity contribution >= 4 is 5.91 Å². The number of carbonyl (C=O) groups excluding carboxylic acids is 1. The highest BCUT2D eigenvalue weighted by molar-refractivity contribution is 5.76. The summed E-state index contributed by atoms with van der Waals surface area (Å²) in [6.07, 6.45) is 5.65. The van der Waals surface area contributed by atoms with Crippen molar-refractivity contribution in [2.75, 3.05) is 6.54 Å². The van der Waals surface area contributed by atoms with Crippen molar-refractivity contribution in [1.82, 2.24) is 10.1 Å². The molecule has 4 nitrogen and oxygen atoms in total. The Kier molecular flexibility index (Phi) is 4.39. The number of rotatable bonds is 5. The predicted molar refractivity (Wildman–Crippen MR) is 69.1 cm³/mol. The van der Waals surface area contributed by atoms with E-state index in [1.165, 1.54) is 0 Å². The summed E-state index contributed by atoms with van der Waals surface area (Å²) < 4.78 is 5.31. The monoisotopic (exact) mass is 250 g/mol. The molecule has 1 aromatic rings. The summed E-state index contributed by atoms with van der Waals surface area (Å²) in [6.45, 7) is 5.69. The van der Waals surface area contributed by atoms with Crippen LogP contribution < -0.4 is 0 Å². The second kappa shape index (κ2) is 6.03. The zero-order valence-corrected chi connectivity index (χ0v) is 11.4. The molecule has 0 N–H and O–H groups in total. The molecule has 100 valence electrons. The molecule has 0 saturated carbocycles. The molecule has 4 heteroatoms. The summed E-state index contributed by atoms with van der Waals surface area (Å²) in [5.41, 5.74) is 2.19. The minimum Gasteiger partial charge on any atom is -0.361 e. The lowest BCUT2D eigenvalue weighted by atomic mass is 10.0. The summed E-state index contributed by atoms with van der Waals surface area (Å²) in [7, 11) is 0. The summed E-state index contributed by atoms with van der Waals surface area (Å²) in [6, 6.07) is 0. The Morgan fingerprint density at radius 2 is 2.22 bits per heavy atom. The van der Waals surface area contributed by atoms with Crippen molar-refractivity contribution in [2.45, 2.75) is 58.9 Å². The van der Waals surface area contributed by atoms with Crippen LogP contribution in [0.15, 0.2) is 4.52 Å². The smallest absolute Gasteiger partial charge is 0.222 e. The Balaban J connectivity index is 1.96. The van der Waals surface area contributed by atoms with E-state index in [-0.39, 0.29) is 5.91 Å². The van der Waals surface area contributed by atoms with Gasteiger partial charge in [-0.25, -0.2) is 0 Å². The molecule has 1 amide bonds. The number of fused-ring (bicyclic) bond motifs is 1. The molecule has 0 unspecified atom stereocenters. The van der Waals surface area contributed by atoms with Gasteiger partial charge in [-0.3, -0.25) is 4.79 Å². The Hall–Kier alpha value is -1.32. The Morgan fingerprint density at radius 3 is 2.94 bits per heavy atom. The molecule has 18 heavy (non-hydrogen) atoms. The van der Waals surface area contributed by atoms with Crippen LogP contribution in [0, 0.1) is 0 Å². The van der Waals surface area contributed by atoms with Crippen molar-refractivity contribution in [2.24, 2.45) is 0 Å². The zero-order valence-electron chi connectivity index (χ0n) is 11.4. The van der Waals surface area contributed by atoms with E-state index < -0.39 is 0 Å². The van der Waals surface area contributed by atoms with Gasteiger partial charge in [0.2, 0.25) is 5.91 Å². The van der Waals surface area contributed by atoms with E-state index in [1.807, 2.05) is 4.90 Å². The number of amides is 1. The van der Waals surface area contributed by atoms with Gasteiger partial charge in [-0.15, -0.1) is 0 Å². The molecule has 0 fully saturated rings. The van der Waals surface area contributed by atoms with E-state index in [0.717, 1.165) is 55.7 Å². The molecule has 0 spiro atoms. The fraction of sp³-hybridized carbons (Fsp3) is 0.714. The second-order valence-electron chi connectivity index (χ2n) is 4.91. The third-order valence-electron chi connectivity index (χ3n) is 3.59. The van der Waals surface area contributed by atoms with Crippen LogP contribution in [0.4, 0.5) is 0 Å². The highest BCUT2D eigenvalue weighted by Crippen LogP contribution is 2.23. The fourth-order valence-electron chi connectivity index (χ4n) is 2.44. The van der Waals surface area contributed by atoms with Gasteiger partial charge < -0.3 is 9.42 Å². The molecule has 2 rings (SSSR count). The van der Waals surface area contributed by atoms with Crippen LogP contribution in [-0.4, -0.2) is 22.5 Å². The summed E-state index contributed by atoms with van der Waals surface area (Å²) >= 11 is 0. The van der Waals surface area contributed by atoms with Gasteiger partial charge in [0.25, 0.3) is 0 Å². The quantitative estimate of drug-likeness (QED) is 0.755. The molecule has 0 atom stereocenters. The normalized spacial score (nSPS) is 14.7. The van der Waals surface area contributed by atoms with Gasteiger partial charge in [-0.2, -0.15) is 0 Å². The maximum atomic E-state index is 12.1. The van der Waals surface area contributed by atoms with Gasteiger partial charge in [-0.1, -0.05) is 31.8 Å². The van der Waals surface area contributed by atoms with Crippen LogP contribution in [0.5, 0.6) is 0 Å². The molecular weight excluding hydrogens is 228 g/mol. The van der Waals surface area contributed by atoms with Crippen LogP contribution in [0.1, 0.15) is 56.5 Å². The number of hydrogen-bond donors (Lipinski definition) is 0. The van der Waals surface area contributed by atoms with E-state index in [1.54, 1.807) is 0 Å². The van der Waals surface area contributed by atoms with Crippen LogP contribution >= 0.6 is 0 Å². The Bertz CT molecular complexity index is 398. The largest absolute Gasteiger partial charge is 0.361 e. The molecular formula is C14H22N2O2. The highest BCUT2D eigenvalue weighted by atomic mass is 16.5. The van der Waals surface area contributed by atoms with Crippen molar-refractivity contribution in [3.63, 3.8) is 0 Å². The van der Waals surface area contributed by atoms with Gasteiger partial charge >= 0.3 is 0 Å². The molecule has 0 aromatic carbocycles.